The number of hydrogen-bond acceptors (Lipinski definition) is 7. The van der Waals surface area contributed by atoms with Gasteiger partial charge in [0, 0.05) is 30.4 Å². The Labute approximate surface area is 172 Å². The third-order valence-corrected chi connectivity index (χ3v) is 5.47. The zero-order chi connectivity index (χ0) is 21.3. The lowest BCUT2D eigenvalue weighted by Gasteiger charge is -2.21. The Balaban J connectivity index is 1.77. The summed E-state index contributed by atoms with van der Waals surface area (Å²) in [6, 6.07) is 16.0. The van der Waals surface area contributed by atoms with Crippen LogP contribution in [0.25, 0.3) is 22.3 Å². The van der Waals surface area contributed by atoms with Crippen LogP contribution in [-0.2, 0) is 19.1 Å². The van der Waals surface area contributed by atoms with Crippen LogP contribution in [0.1, 0.15) is 0 Å². The Hall–Kier alpha value is -3.61. The van der Waals surface area contributed by atoms with E-state index in [4.69, 9.17) is 13.9 Å². The largest absolute Gasteiger partial charge is 0.469 e. The van der Waals surface area contributed by atoms with Crippen LogP contribution in [0.2, 0.25) is 0 Å². The summed E-state index contributed by atoms with van der Waals surface area (Å²) in [5.41, 5.74) is 1.82. The normalized spacial score (nSPS) is 18.4. The number of rotatable bonds is 4. The van der Waals surface area contributed by atoms with Crippen molar-refractivity contribution in [2.75, 3.05) is 32.2 Å². The molecule has 30 heavy (non-hydrogen) atoms. The average molecular weight is 407 g/mol. The van der Waals surface area contributed by atoms with Gasteiger partial charge in [0.2, 0.25) is 0 Å². The van der Waals surface area contributed by atoms with Crippen LogP contribution in [0, 0.1) is 11.8 Å². The van der Waals surface area contributed by atoms with Crippen molar-refractivity contribution in [3.05, 3.63) is 64.8 Å². The van der Waals surface area contributed by atoms with Crippen molar-refractivity contribution in [1.29, 1.82) is 0 Å². The predicted molar refractivity (Wildman–Crippen MR) is 111 cm³/mol. The predicted octanol–water partition coefficient (Wildman–Crippen LogP) is 2.86. The molecule has 1 saturated heterocycles. The Morgan fingerprint density at radius 2 is 1.53 bits per heavy atom. The number of fused-ring (bicyclic) bond motifs is 1. The summed E-state index contributed by atoms with van der Waals surface area (Å²) in [5.74, 6) is -1.77. The summed E-state index contributed by atoms with van der Waals surface area (Å²) in [5, 5.41) is 0.511. The van der Waals surface area contributed by atoms with Gasteiger partial charge in [-0.25, -0.2) is 0 Å². The number of anilines is 1. The minimum atomic E-state index is -0.640. The molecule has 0 aliphatic carbocycles. The first-order chi connectivity index (χ1) is 14.5. The number of nitrogens with zero attached hydrogens (tertiary/aromatic N) is 1. The molecule has 2 aromatic carbocycles. The molecule has 0 spiro atoms. The molecular weight excluding hydrogens is 386 g/mol. The molecule has 0 amide bonds. The molecule has 4 rings (SSSR count). The van der Waals surface area contributed by atoms with Gasteiger partial charge in [-0.1, -0.05) is 24.3 Å². The summed E-state index contributed by atoms with van der Waals surface area (Å²) < 4.78 is 15.8. The second-order valence-electron chi connectivity index (χ2n) is 7.15. The lowest BCUT2D eigenvalue weighted by Crippen LogP contribution is -2.30. The number of carbonyl (C=O) groups is 2. The zero-order valence-corrected chi connectivity index (χ0v) is 16.7. The summed E-state index contributed by atoms with van der Waals surface area (Å²) in [7, 11) is 2.61. The molecular formula is C23H21NO6. The van der Waals surface area contributed by atoms with E-state index in [1.807, 2.05) is 35.2 Å². The standard InChI is InChI=1S/C23H21NO6/c1-28-22(26)16-12-24(13-17(16)23(27)29-2)18-9-5-3-7-14(18)21-11-19(25)15-8-4-6-10-20(15)30-21/h3-11,16-17H,12-13H2,1-2H3/t16-,17-/m0/s1. The first-order valence-electron chi connectivity index (χ1n) is 9.56. The summed E-state index contributed by atoms with van der Waals surface area (Å²) >= 11 is 0. The molecule has 3 aromatic rings. The lowest BCUT2D eigenvalue weighted by atomic mass is 9.96. The molecule has 0 unspecified atom stereocenters. The number of esters is 2. The van der Waals surface area contributed by atoms with Crippen molar-refractivity contribution >= 4 is 28.6 Å². The van der Waals surface area contributed by atoms with Crippen molar-refractivity contribution in [1.82, 2.24) is 0 Å². The second kappa shape index (κ2) is 8.02. The molecule has 7 heteroatoms. The summed E-state index contributed by atoms with van der Waals surface area (Å²) in [4.78, 5) is 39.0. The molecule has 0 saturated carbocycles. The van der Waals surface area contributed by atoms with Gasteiger partial charge in [-0.15, -0.1) is 0 Å². The maximum Gasteiger partial charge on any atom is 0.311 e. The quantitative estimate of drug-likeness (QED) is 0.615. The van der Waals surface area contributed by atoms with Crippen molar-refractivity contribution in [2.24, 2.45) is 11.8 Å². The highest BCUT2D eigenvalue weighted by molar-refractivity contribution is 5.86. The maximum absolute atomic E-state index is 12.6. The van der Waals surface area contributed by atoms with Crippen molar-refractivity contribution in [3.63, 3.8) is 0 Å². The molecule has 0 N–H and O–H groups in total. The molecule has 1 aliphatic rings. The smallest absolute Gasteiger partial charge is 0.311 e. The number of hydrogen-bond donors (Lipinski definition) is 0. The fourth-order valence-electron chi connectivity index (χ4n) is 3.98. The first-order valence-corrected chi connectivity index (χ1v) is 9.56. The lowest BCUT2D eigenvalue weighted by molar-refractivity contribution is -0.155. The number of para-hydroxylation sites is 2. The molecule has 1 fully saturated rings. The van der Waals surface area contributed by atoms with Gasteiger partial charge in [-0.2, -0.15) is 0 Å². The second-order valence-corrected chi connectivity index (χ2v) is 7.15. The van der Waals surface area contributed by atoms with E-state index in [1.165, 1.54) is 20.3 Å². The van der Waals surface area contributed by atoms with E-state index < -0.39 is 23.8 Å². The highest BCUT2D eigenvalue weighted by atomic mass is 16.5. The Morgan fingerprint density at radius 1 is 0.933 bits per heavy atom. The fraction of sp³-hybridized carbons (Fsp3) is 0.261. The third kappa shape index (κ3) is 3.43. The minimum absolute atomic E-state index is 0.136. The molecule has 1 aromatic heterocycles. The highest BCUT2D eigenvalue weighted by Gasteiger charge is 2.44. The van der Waals surface area contributed by atoms with Crippen LogP contribution in [0.4, 0.5) is 5.69 Å². The van der Waals surface area contributed by atoms with E-state index in [1.54, 1.807) is 18.2 Å². The van der Waals surface area contributed by atoms with E-state index >= 15 is 0 Å². The Morgan fingerprint density at radius 3 is 2.20 bits per heavy atom. The van der Waals surface area contributed by atoms with Gasteiger partial charge in [-0.3, -0.25) is 14.4 Å². The molecule has 0 bridgehead atoms. The Kier molecular flexibility index (Phi) is 5.27. The van der Waals surface area contributed by atoms with Crippen molar-refractivity contribution in [2.45, 2.75) is 0 Å². The molecule has 1 aliphatic heterocycles. The SMILES string of the molecule is COC(=O)[C@H]1CN(c2ccccc2-c2cc(=O)c3ccccc3o2)C[C@@H]1C(=O)OC. The molecule has 7 nitrogen and oxygen atoms in total. The maximum atomic E-state index is 12.6. The summed E-state index contributed by atoms with van der Waals surface area (Å²) in [6.45, 7) is 0.586. The third-order valence-electron chi connectivity index (χ3n) is 5.47. The first kappa shape index (κ1) is 19.7. The zero-order valence-electron chi connectivity index (χ0n) is 16.7. The van der Waals surface area contributed by atoms with Gasteiger partial charge >= 0.3 is 11.9 Å². The van der Waals surface area contributed by atoms with Gasteiger partial charge in [0.05, 0.1) is 31.4 Å². The van der Waals surface area contributed by atoms with Crippen LogP contribution in [-0.4, -0.2) is 39.2 Å². The highest BCUT2D eigenvalue weighted by Crippen LogP contribution is 2.36. The van der Waals surface area contributed by atoms with Crippen molar-refractivity contribution < 1.29 is 23.5 Å². The van der Waals surface area contributed by atoms with Crippen LogP contribution in [0.5, 0.6) is 0 Å². The molecule has 2 atom stereocenters. The van der Waals surface area contributed by atoms with Crippen LogP contribution in [0.15, 0.2) is 63.8 Å². The number of benzene rings is 2. The molecule has 0 radical (unpaired) electrons. The van der Waals surface area contributed by atoms with E-state index in [0.717, 1.165) is 5.69 Å². The van der Waals surface area contributed by atoms with E-state index in [-0.39, 0.29) is 5.43 Å². The number of ether oxygens (including phenoxy) is 2. The fourth-order valence-corrected chi connectivity index (χ4v) is 3.98. The Bertz CT molecular complexity index is 1140. The van der Waals surface area contributed by atoms with Crippen LogP contribution < -0.4 is 10.3 Å². The van der Waals surface area contributed by atoms with Gasteiger partial charge in [-0.05, 0) is 24.3 Å². The van der Waals surface area contributed by atoms with Gasteiger partial charge < -0.3 is 18.8 Å². The van der Waals surface area contributed by atoms with E-state index in [2.05, 4.69) is 0 Å². The van der Waals surface area contributed by atoms with Gasteiger partial charge in [0.25, 0.3) is 0 Å². The summed E-state index contributed by atoms with van der Waals surface area (Å²) in [6.07, 6.45) is 0. The number of carbonyl (C=O) groups excluding carboxylic acids is 2. The monoisotopic (exact) mass is 407 g/mol. The average Bonchev–Trinajstić information content (AvgIpc) is 3.23. The topological polar surface area (TPSA) is 86.0 Å². The minimum Gasteiger partial charge on any atom is -0.469 e. The van der Waals surface area contributed by atoms with Gasteiger partial charge in [0.1, 0.15) is 11.3 Å². The van der Waals surface area contributed by atoms with Gasteiger partial charge in [0.15, 0.2) is 5.43 Å². The van der Waals surface area contributed by atoms with Crippen LogP contribution in [0.3, 0.4) is 0 Å². The number of methoxy groups -OCH3 is 2. The molecule has 2 heterocycles. The van der Waals surface area contributed by atoms with E-state index in [0.29, 0.717) is 35.4 Å². The van der Waals surface area contributed by atoms with E-state index in [9.17, 15) is 14.4 Å². The van der Waals surface area contributed by atoms with Crippen LogP contribution >= 0.6 is 0 Å². The van der Waals surface area contributed by atoms with Crippen molar-refractivity contribution in [3.8, 4) is 11.3 Å². The molecule has 154 valence electrons.